The molecule has 9 nitrogen and oxygen atoms in total. The predicted molar refractivity (Wildman–Crippen MR) is 217 cm³/mol. The lowest BCUT2D eigenvalue weighted by molar-refractivity contribution is -0.143. The second kappa shape index (κ2) is 15.8. The maximum absolute atomic E-state index is 13.6. The highest BCUT2D eigenvalue weighted by atomic mass is 16.5. The van der Waals surface area contributed by atoms with Gasteiger partial charge in [0.05, 0.1) is 18.5 Å². The number of aliphatic hydroxyl groups excluding tert-OH is 1. The van der Waals surface area contributed by atoms with Crippen LogP contribution in [0.25, 0.3) is 35.6 Å². The fraction of sp³-hybridized carbons (Fsp3) is 0.467. The second-order valence-electron chi connectivity index (χ2n) is 15.8. The van der Waals surface area contributed by atoms with Crippen LogP contribution in [0.5, 0.6) is 0 Å². The van der Waals surface area contributed by atoms with E-state index in [1.807, 2.05) is 19.1 Å². The van der Waals surface area contributed by atoms with Crippen LogP contribution in [0.4, 0.5) is 0 Å². The summed E-state index contributed by atoms with van der Waals surface area (Å²) in [7, 11) is 1.35. The number of hydrogen-bond donors (Lipinski definition) is 5. The molecule has 0 radical (unpaired) electrons. The number of rotatable bonds is 12. The number of aromatic nitrogens is 3. The highest BCUT2D eigenvalue weighted by Crippen LogP contribution is 2.42. The van der Waals surface area contributed by atoms with E-state index in [2.05, 4.69) is 93.5 Å². The molecule has 2 aliphatic heterocycles. The van der Waals surface area contributed by atoms with E-state index in [-0.39, 0.29) is 42.6 Å². The molecule has 1 unspecified atom stereocenters. The zero-order valence-electron chi connectivity index (χ0n) is 33.5. The summed E-state index contributed by atoms with van der Waals surface area (Å²) in [6.07, 6.45) is 15.2. The van der Waals surface area contributed by atoms with Crippen molar-refractivity contribution in [3.63, 3.8) is 0 Å². The molecule has 1 saturated heterocycles. The predicted octanol–water partition coefficient (Wildman–Crippen LogP) is 5.75. The van der Waals surface area contributed by atoms with Gasteiger partial charge >= 0.3 is 11.9 Å². The van der Waals surface area contributed by atoms with Gasteiger partial charge < -0.3 is 34.8 Å². The number of H-pyrrole nitrogens is 3. The molecule has 3 aliphatic rings. The van der Waals surface area contributed by atoms with Crippen molar-refractivity contribution in [2.45, 2.75) is 100.0 Å². The van der Waals surface area contributed by atoms with Gasteiger partial charge in [-0.1, -0.05) is 52.3 Å². The number of ether oxygens (including phenoxy) is 2. The van der Waals surface area contributed by atoms with Gasteiger partial charge in [-0.15, -0.1) is 0 Å². The number of fused-ring (bicyclic) bond motifs is 8. The summed E-state index contributed by atoms with van der Waals surface area (Å²) in [5, 5.41) is 19.0. The van der Waals surface area contributed by atoms with E-state index in [1.165, 1.54) is 30.2 Å². The number of carbonyl (C=O) groups is 2. The lowest BCUT2D eigenvalue weighted by atomic mass is 9.80. The van der Waals surface area contributed by atoms with Crippen LogP contribution in [-0.2, 0) is 25.5 Å². The fourth-order valence-corrected chi connectivity index (χ4v) is 8.80. The smallest absolute Gasteiger partial charge is 0.320 e. The molecule has 5 heterocycles. The van der Waals surface area contributed by atoms with Crippen LogP contribution in [0, 0.1) is 44.4 Å². The summed E-state index contributed by atoms with van der Waals surface area (Å²) in [4.78, 5) is 37.8. The Kier molecular flexibility index (Phi) is 11.4. The number of nitrogens with one attached hydrogen (secondary N) is 4. The zero-order valence-corrected chi connectivity index (χ0v) is 33.5. The van der Waals surface area contributed by atoms with E-state index in [9.17, 15) is 14.7 Å². The normalized spacial score (nSPS) is 22.6. The van der Waals surface area contributed by atoms with Crippen molar-refractivity contribution in [1.82, 2.24) is 20.3 Å². The van der Waals surface area contributed by atoms with Crippen LogP contribution in [0.2, 0.25) is 0 Å². The summed E-state index contributed by atoms with van der Waals surface area (Å²) >= 11 is 0. The minimum absolute atomic E-state index is 0.0187. The Labute approximate surface area is 318 Å². The maximum Gasteiger partial charge on any atom is 0.320 e. The average Bonchev–Trinajstić information content (AvgIpc) is 3.87. The van der Waals surface area contributed by atoms with Crippen LogP contribution in [0.1, 0.15) is 112 Å². The van der Waals surface area contributed by atoms with E-state index in [0.717, 1.165) is 80.4 Å². The quantitative estimate of drug-likeness (QED) is 0.119. The molecule has 3 aromatic rings. The number of carbonyl (C=O) groups excluding carboxylic acids is 2. The standard InChI is InChI=1S/C45H58N4O5/c1-11-29-25(6)32-20-34-27(8)31(16-17-38(50)54-19-18-24(5)15-13-14-23(3)4)42(48-34)40-41(45(52)53-10)44(51)39-28(9)35(49-43(39)40)22-37-30(12-2)26(7)33(47-37)21-36(29)46-32/h11,18,20-23,27,31,41-42,46-49,51H,1,12-17,19H2,2-10H3/b24-18+,33-21-,34-20-,37-22-/t27-,31-,41+,42?/m0/s1. The number of allylic oxidation sites excluding steroid dienone is 2. The van der Waals surface area contributed by atoms with Gasteiger partial charge in [0, 0.05) is 56.6 Å². The third-order valence-electron chi connectivity index (χ3n) is 12.0. The average molecular weight is 735 g/mol. The van der Waals surface area contributed by atoms with Crippen LogP contribution in [0.3, 0.4) is 0 Å². The Morgan fingerprint density at radius 3 is 2.39 bits per heavy atom. The van der Waals surface area contributed by atoms with E-state index >= 15 is 0 Å². The summed E-state index contributed by atoms with van der Waals surface area (Å²) in [6.45, 7) is 21.5. The molecule has 0 aromatic carbocycles. The van der Waals surface area contributed by atoms with Crippen molar-refractivity contribution in [3.8, 4) is 0 Å². The highest BCUT2D eigenvalue weighted by Gasteiger charge is 2.47. The lowest BCUT2D eigenvalue weighted by Crippen LogP contribution is -2.38. The first kappa shape index (κ1) is 38.8. The molecule has 9 heteroatoms. The molecule has 1 aliphatic carbocycles. The monoisotopic (exact) mass is 734 g/mol. The first-order chi connectivity index (χ1) is 25.8. The second-order valence-corrected chi connectivity index (χ2v) is 15.8. The summed E-state index contributed by atoms with van der Waals surface area (Å²) in [5.74, 6) is -1.25. The summed E-state index contributed by atoms with van der Waals surface area (Å²) in [6, 6.07) is -0.390. The van der Waals surface area contributed by atoms with Gasteiger partial charge in [0.1, 0.15) is 18.3 Å². The third kappa shape index (κ3) is 7.17. The number of aliphatic hydroxyl groups is 1. The first-order valence-corrected chi connectivity index (χ1v) is 19.6. The molecule has 0 spiro atoms. The SMILES string of the molecule is C=Cc1c2[nH]c(c1C)/C=C1\NC(C3=c4[nH]c(c(C)c4=C(O)[C@@H]3C(=O)OC)/C=c3\[nH]/c(c(C)c3CC)=C\2)[C@@H](CCC(=O)OC/C=C(\C)CCCC(C)C)[C@@H]1C. The van der Waals surface area contributed by atoms with Crippen LogP contribution < -0.4 is 26.6 Å². The molecular weight excluding hydrogens is 677 g/mol. The molecule has 4 atom stereocenters. The van der Waals surface area contributed by atoms with Gasteiger partial charge in [0.2, 0.25) is 0 Å². The van der Waals surface area contributed by atoms with Crippen LogP contribution in [-0.4, -0.2) is 51.8 Å². The van der Waals surface area contributed by atoms with Crippen molar-refractivity contribution >= 4 is 47.6 Å². The van der Waals surface area contributed by atoms with Gasteiger partial charge in [-0.05, 0) is 117 Å². The molecule has 0 saturated carbocycles. The van der Waals surface area contributed by atoms with Gasteiger partial charge in [-0.2, -0.15) is 0 Å². The maximum atomic E-state index is 13.6. The van der Waals surface area contributed by atoms with E-state index in [0.29, 0.717) is 17.6 Å². The lowest BCUT2D eigenvalue weighted by Gasteiger charge is -2.26. The molecule has 8 bridgehead atoms. The molecule has 0 amide bonds. The molecule has 5 N–H and O–H groups in total. The van der Waals surface area contributed by atoms with Gasteiger partial charge in [-0.3, -0.25) is 9.59 Å². The molecule has 6 rings (SSSR count). The van der Waals surface area contributed by atoms with Crippen LogP contribution >= 0.6 is 0 Å². The van der Waals surface area contributed by atoms with Crippen molar-refractivity contribution in [2.75, 3.05) is 13.7 Å². The Balaban J connectivity index is 1.47. The first-order valence-electron chi connectivity index (χ1n) is 19.6. The van der Waals surface area contributed by atoms with Crippen molar-refractivity contribution < 1.29 is 24.2 Å². The molecule has 54 heavy (non-hydrogen) atoms. The van der Waals surface area contributed by atoms with Gasteiger partial charge in [-0.25, -0.2) is 0 Å². The minimum Gasteiger partial charge on any atom is -0.510 e. The Morgan fingerprint density at radius 2 is 1.70 bits per heavy atom. The van der Waals surface area contributed by atoms with Crippen molar-refractivity contribution in [2.24, 2.45) is 23.7 Å². The third-order valence-corrected chi connectivity index (χ3v) is 12.0. The highest BCUT2D eigenvalue weighted by molar-refractivity contribution is 5.95. The van der Waals surface area contributed by atoms with E-state index < -0.39 is 11.9 Å². The topological polar surface area (TPSA) is 132 Å². The molecule has 1 fully saturated rings. The number of esters is 2. The Morgan fingerprint density at radius 1 is 0.981 bits per heavy atom. The van der Waals surface area contributed by atoms with Crippen LogP contribution in [0.15, 0.2) is 23.9 Å². The molecule has 288 valence electrons. The number of hydrogen-bond acceptors (Lipinski definition) is 6. The van der Waals surface area contributed by atoms with Crippen molar-refractivity contribution in [1.29, 1.82) is 0 Å². The Hall–Kier alpha value is -4.92. The summed E-state index contributed by atoms with van der Waals surface area (Å²) in [5.41, 5.74) is 11.0. The number of aromatic amines is 3. The fourth-order valence-electron chi connectivity index (χ4n) is 8.80. The molecule has 3 aromatic heterocycles. The molecular formula is C45H58N4O5. The van der Waals surface area contributed by atoms with E-state index in [1.54, 1.807) is 0 Å². The van der Waals surface area contributed by atoms with Crippen molar-refractivity contribution in [3.05, 3.63) is 90.1 Å². The summed E-state index contributed by atoms with van der Waals surface area (Å²) < 4.78 is 11.0. The van der Waals surface area contributed by atoms with E-state index in [4.69, 9.17) is 9.47 Å². The minimum atomic E-state index is -0.989. The van der Waals surface area contributed by atoms with Gasteiger partial charge in [0.25, 0.3) is 0 Å². The number of methoxy groups -OCH3 is 1. The largest absolute Gasteiger partial charge is 0.510 e. The zero-order chi connectivity index (χ0) is 39.0. The van der Waals surface area contributed by atoms with Gasteiger partial charge in [0.15, 0.2) is 0 Å². The Bertz CT molecular complexity index is 2290.